The Balaban J connectivity index is -0.000000106. The molecule has 0 radical (unpaired) electrons. The number of allylic oxidation sites excluding steroid dienone is 4. The molecule has 0 heterocycles. The van der Waals surface area contributed by atoms with Crippen molar-refractivity contribution in [3.63, 3.8) is 0 Å². The fourth-order valence-corrected chi connectivity index (χ4v) is 1.28. The molecule has 0 aromatic rings. The standard InChI is InChI=1S/C10H15.3CH4O.Ti/c1-7-6-8(2)10(4,5)9(7)3;3*1-2;/h1-5H3;3*2H,1H3;/q-1;;;;. The minimum absolute atomic E-state index is 0. The van der Waals surface area contributed by atoms with Crippen molar-refractivity contribution >= 4 is 0 Å². The van der Waals surface area contributed by atoms with E-state index in [4.69, 9.17) is 15.3 Å². The van der Waals surface area contributed by atoms with Crippen LogP contribution < -0.4 is 0 Å². The van der Waals surface area contributed by atoms with Gasteiger partial charge in [0.25, 0.3) is 0 Å². The van der Waals surface area contributed by atoms with Crippen LogP contribution in [-0.4, -0.2) is 36.6 Å². The van der Waals surface area contributed by atoms with E-state index in [0.29, 0.717) is 0 Å². The van der Waals surface area contributed by atoms with Gasteiger partial charge in [-0.1, -0.05) is 33.1 Å². The van der Waals surface area contributed by atoms with Crippen LogP contribution in [0, 0.1) is 11.5 Å². The molecular formula is C13H27O3Ti-. The minimum atomic E-state index is 0. The molecular weight excluding hydrogens is 252 g/mol. The first-order chi connectivity index (χ1) is 7.46. The molecule has 1 aliphatic rings. The summed E-state index contributed by atoms with van der Waals surface area (Å²) in [5.41, 5.74) is 4.42. The van der Waals surface area contributed by atoms with Crippen LogP contribution >= 0.6 is 0 Å². The van der Waals surface area contributed by atoms with Crippen LogP contribution in [0.1, 0.15) is 34.6 Å². The maximum atomic E-state index is 7.00. The summed E-state index contributed by atoms with van der Waals surface area (Å²) in [4.78, 5) is 0. The van der Waals surface area contributed by atoms with Crippen LogP contribution in [0.4, 0.5) is 0 Å². The second-order valence-corrected chi connectivity index (χ2v) is 3.62. The van der Waals surface area contributed by atoms with Gasteiger partial charge in [-0.3, -0.25) is 0 Å². The molecule has 102 valence electrons. The predicted octanol–water partition coefficient (Wildman–Crippen LogP) is 1.94. The second-order valence-electron chi connectivity index (χ2n) is 3.62. The van der Waals surface area contributed by atoms with Crippen molar-refractivity contribution in [2.75, 3.05) is 21.3 Å². The third-order valence-electron chi connectivity index (χ3n) is 2.81. The second kappa shape index (κ2) is 14.1. The van der Waals surface area contributed by atoms with E-state index < -0.39 is 0 Å². The number of aliphatic hydroxyl groups is 3. The Morgan fingerprint density at radius 3 is 1.18 bits per heavy atom. The predicted molar refractivity (Wildman–Crippen MR) is 69.0 cm³/mol. The first kappa shape index (κ1) is 25.8. The average Bonchev–Trinajstić information content (AvgIpc) is 2.51. The maximum Gasteiger partial charge on any atom is 0.0319 e. The first-order valence-electron chi connectivity index (χ1n) is 5.09. The third kappa shape index (κ3) is 7.90. The molecule has 0 saturated heterocycles. The van der Waals surface area contributed by atoms with Crippen LogP contribution in [0.5, 0.6) is 0 Å². The smallest absolute Gasteiger partial charge is 0.0319 e. The van der Waals surface area contributed by atoms with Crippen LogP contribution in [0.25, 0.3) is 0 Å². The molecule has 0 spiro atoms. The van der Waals surface area contributed by atoms with Gasteiger partial charge in [-0.05, 0) is 0 Å². The normalized spacial score (nSPS) is 14.9. The van der Waals surface area contributed by atoms with Gasteiger partial charge in [0.05, 0.1) is 0 Å². The summed E-state index contributed by atoms with van der Waals surface area (Å²) in [5.74, 6) is 0. The van der Waals surface area contributed by atoms with Gasteiger partial charge in [-0.2, -0.15) is 5.57 Å². The Kier molecular flexibility index (Phi) is 21.5. The van der Waals surface area contributed by atoms with E-state index in [1.54, 1.807) is 0 Å². The first-order valence-corrected chi connectivity index (χ1v) is 5.09. The molecule has 1 rings (SSSR count). The van der Waals surface area contributed by atoms with Gasteiger partial charge in [-0.15, -0.1) is 6.92 Å². The molecule has 3 N–H and O–H groups in total. The van der Waals surface area contributed by atoms with Crippen LogP contribution in [0.2, 0.25) is 0 Å². The quantitative estimate of drug-likeness (QED) is 0.469. The van der Waals surface area contributed by atoms with Gasteiger partial charge in [0.1, 0.15) is 0 Å². The topological polar surface area (TPSA) is 60.7 Å². The Bertz CT molecular complexity index is 231. The zero-order valence-corrected chi connectivity index (χ0v) is 13.9. The van der Waals surface area contributed by atoms with Gasteiger partial charge >= 0.3 is 0 Å². The van der Waals surface area contributed by atoms with Gasteiger partial charge in [0.15, 0.2) is 0 Å². The van der Waals surface area contributed by atoms with Crippen molar-refractivity contribution in [1.82, 2.24) is 0 Å². The molecule has 0 bridgehead atoms. The summed E-state index contributed by atoms with van der Waals surface area (Å²) in [7, 11) is 3.00. The van der Waals surface area contributed by atoms with Gasteiger partial charge in [0.2, 0.25) is 0 Å². The molecule has 0 fully saturated rings. The third-order valence-corrected chi connectivity index (χ3v) is 2.81. The molecule has 3 nitrogen and oxygen atoms in total. The molecule has 1 aliphatic carbocycles. The number of aliphatic hydroxyl groups excluding tert-OH is 3. The fraction of sp³-hybridized carbons (Fsp3) is 0.692. The fourth-order valence-electron chi connectivity index (χ4n) is 1.28. The molecule has 0 aromatic carbocycles. The summed E-state index contributed by atoms with van der Waals surface area (Å²) >= 11 is 0. The number of rotatable bonds is 0. The van der Waals surface area contributed by atoms with E-state index in [1.165, 1.54) is 16.7 Å². The monoisotopic (exact) mass is 279 g/mol. The number of hydrogen-bond donors (Lipinski definition) is 3. The van der Waals surface area contributed by atoms with Crippen LogP contribution in [0.3, 0.4) is 0 Å². The van der Waals surface area contributed by atoms with E-state index in [-0.39, 0.29) is 27.1 Å². The Labute approximate surface area is 121 Å². The molecule has 17 heavy (non-hydrogen) atoms. The largest absolute Gasteiger partial charge is 0.400 e. The van der Waals surface area contributed by atoms with Gasteiger partial charge < -0.3 is 15.3 Å². The van der Waals surface area contributed by atoms with E-state index in [9.17, 15) is 0 Å². The molecule has 0 aromatic heterocycles. The summed E-state index contributed by atoms with van der Waals surface area (Å²) in [6, 6.07) is 0. The summed E-state index contributed by atoms with van der Waals surface area (Å²) in [6.07, 6.45) is 3.35. The zero-order chi connectivity index (χ0) is 13.9. The van der Waals surface area contributed by atoms with Crippen molar-refractivity contribution in [3.8, 4) is 0 Å². The maximum absolute atomic E-state index is 7.00. The molecule has 0 saturated carbocycles. The SMILES string of the molecule is CC1=[C-]C(C)=C(C)C1(C)C.CO.CO.CO.[Ti]. The van der Waals surface area contributed by atoms with Crippen LogP contribution in [0.15, 0.2) is 16.7 Å². The van der Waals surface area contributed by atoms with Gasteiger partial charge in [-0.25, -0.2) is 17.2 Å². The molecule has 0 unspecified atom stereocenters. The minimum Gasteiger partial charge on any atom is -0.400 e. The Morgan fingerprint density at radius 2 is 1.12 bits per heavy atom. The molecule has 0 aliphatic heterocycles. The van der Waals surface area contributed by atoms with Crippen molar-refractivity contribution in [2.24, 2.45) is 5.41 Å². The Hall–Kier alpha value is 0.0743. The van der Waals surface area contributed by atoms with Crippen molar-refractivity contribution < 1.29 is 37.0 Å². The summed E-state index contributed by atoms with van der Waals surface area (Å²) in [5, 5.41) is 21.0. The molecule has 0 atom stereocenters. The van der Waals surface area contributed by atoms with Gasteiger partial charge in [0, 0.05) is 43.0 Å². The molecule has 4 heteroatoms. The van der Waals surface area contributed by atoms with Crippen molar-refractivity contribution in [1.29, 1.82) is 0 Å². The van der Waals surface area contributed by atoms with E-state index >= 15 is 0 Å². The zero-order valence-electron chi connectivity index (χ0n) is 12.3. The van der Waals surface area contributed by atoms with Crippen LogP contribution in [-0.2, 0) is 21.7 Å². The van der Waals surface area contributed by atoms with E-state index in [0.717, 1.165) is 21.3 Å². The molecule has 0 amide bonds. The Morgan fingerprint density at radius 1 is 0.824 bits per heavy atom. The number of hydrogen-bond acceptors (Lipinski definition) is 3. The van der Waals surface area contributed by atoms with Crippen molar-refractivity contribution in [3.05, 3.63) is 22.8 Å². The summed E-state index contributed by atoms with van der Waals surface area (Å²) < 4.78 is 0. The average molecular weight is 279 g/mol. The van der Waals surface area contributed by atoms with E-state index in [1.807, 2.05) is 0 Å². The van der Waals surface area contributed by atoms with E-state index in [2.05, 4.69) is 40.7 Å². The van der Waals surface area contributed by atoms with Crippen molar-refractivity contribution in [2.45, 2.75) is 34.6 Å². The summed E-state index contributed by atoms with van der Waals surface area (Å²) in [6.45, 7) is 11.0.